The van der Waals surface area contributed by atoms with Gasteiger partial charge in [-0.05, 0) is 38.1 Å². The smallest absolute Gasteiger partial charge is 0.336 e. The van der Waals surface area contributed by atoms with Gasteiger partial charge in [0.2, 0.25) is 10.0 Å². The van der Waals surface area contributed by atoms with E-state index in [1.54, 1.807) is 13.8 Å². The molecule has 1 aromatic carbocycles. The second-order valence-corrected chi connectivity index (χ2v) is 7.03. The maximum absolute atomic E-state index is 12.1. The Labute approximate surface area is 128 Å². The van der Waals surface area contributed by atoms with E-state index in [-0.39, 0.29) is 23.8 Å². The van der Waals surface area contributed by atoms with Crippen LogP contribution in [0.5, 0.6) is 0 Å². The van der Waals surface area contributed by atoms with Crippen molar-refractivity contribution >= 4 is 33.4 Å². The molecule has 0 atom stereocenters. The fourth-order valence-corrected chi connectivity index (χ4v) is 2.84. The van der Waals surface area contributed by atoms with Crippen molar-refractivity contribution in [2.75, 3.05) is 6.54 Å². The van der Waals surface area contributed by atoms with Crippen molar-refractivity contribution in [2.24, 2.45) is 5.73 Å². The molecule has 0 unspecified atom stereocenters. The first-order valence-electron chi connectivity index (χ1n) is 6.00. The Morgan fingerprint density at radius 3 is 2.52 bits per heavy atom. The van der Waals surface area contributed by atoms with Crippen LogP contribution in [0, 0.1) is 0 Å². The third kappa shape index (κ3) is 4.53. The summed E-state index contributed by atoms with van der Waals surface area (Å²) in [5.74, 6) is 0. The Bertz CT molecular complexity index is 794. The molecule has 0 fully saturated rings. The summed E-state index contributed by atoms with van der Waals surface area (Å²) in [7, 11) is -3.64. The van der Waals surface area contributed by atoms with E-state index in [4.69, 9.17) is 10.2 Å². The van der Waals surface area contributed by atoms with Crippen molar-refractivity contribution in [3.05, 3.63) is 40.8 Å². The molecular formula is C13H17ClN2O4S. The van der Waals surface area contributed by atoms with E-state index in [0.717, 1.165) is 0 Å². The Morgan fingerprint density at radius 1 is 1.24 bits per heavy atom. The Morgan fingerprint density at radius 2 is 1.90 bits per heavy atom. The maximum atomic E-state index is 12.1. The molecule has 0 saturated carbocycles. The van der Waals surface area contributed by atoms with Gasteiger partial charge in [0, 0.05) is 23.5 Å². The van der Waals surface area contributed by atoms with Gasteiger partial charge in [-0.1, -0.05) is 0 Å². The van der Waals surface area contributed by atoms with Crippen LogP contribution in [0.25, 0.3) is 11.0 Å². The summed E-state index contributed by atoms with van der Waals surface area (Å²) in [6, 6.07) is 7.06. The van der Waals surface area contributed by atoms with Gasteiger partial charge in [-0.15, -0.1) is 12.4 Å². The van der Waals surface area contributed by atoms with Gasteiger partial charge in [-0.25, -0.2) is 17.9 Å². The SMILES string of the molecule is CC(C)(N)CNS(=O)(=O)c1ccc2oc(=O)ccc2c1.Cl. The molecule has 0 spiro atoms. The van der Waals surface area contributed by atoms with Crippen LogP contribution in [0.3, 0.4) is 0 Å². The van der Waals surface area contributed by atoms with Crippen LogP contribution < -0.4 is 16.1 Å². The largest absolute Gasteiger partial charge is 0.423 e. The van der Waals surface area contributed by atoms with Crippen molar-refractivity contribution in [1.82, 2.24) is 4.72 Å². The quantitative estimate of drug-likeness (QED) is 0.820. The van der Waals surface area contributed by atoms with Crippen molar-refractivity contribution in [1.29, 1.82) is 0 Å². The summed E-state index contributed by atoms with van der Waals surface area (Å²) in [4.78, 5) is 11.2. The molecule has 21 heavy (non-hydrogen) atoms. The molecule has 1 heterocycles. The number of benzene rings is 1. The van der Waals surface area contributed by atoms with Crippen molar-refractivity contribution in [3.63, 3.8) is 0 Å². The Hall–Kier alpha value is -1.41. The van der Waals surface area contributed by atoms with Crippen LogP contribution in [0.2, 0.25) is 0 Å². The lowest BCUT2D eigenvalue weighted by Gasteiger charge is -2.19. The van der Waals surface area contributed by atoms with Gasteiger partial charge in [-0.2, -0.15) is 0 Å². The molecule has 8 heteroatoms. The first kappa shape index (κ1) is 17.6. The number of nitrogens with one attached hydrogen (secondary N) is 1. The molecular weight excluding hydrogens is 316 g/mol. The maximum Gasteiger partial charge on any atom is 0.336 e. The third-order valence-electron chi connectivity index (χ3n) is 2.62. The lowest BCUT2D eigenvalue weighted by atomic mass is 10.1. The van der Waals surface area contributed by atoms with Gasteiger partial charge < -0.3 is 10.2 Å². The predicted octanol–water partition coefficient (Wildman–Crippen LogP) is 1.23. The van der Waals surface area contributed by atoms with Crippen molar-refractivity contribution in [3.8, 4) is 0 Å². The molecule has 0 aliphatic heterocycles. The van der Waals surface area contributed by atoms with Crippen LogP contribution >= 0.6 is 12.4 Å². The summed E-state index contributed by atoms with van der Waals surface area (Å²) < 4.78 is 31.7. The fraction of sp³-hybridized carbons (Fsp3) is 0.308. The lowest BCUT2D eigenvalue weighted by molar-refractivity contribution is 0.498. The van der Waals surface area contributed by atoms with E-state index in [0.29, 0.717) is 11.0 Å². The molecule has 0 saturated heterocycles. The van der Waals surface area contributed by atoms with E-state index >= 15 is 0 Å². The highest BCUT2D eigenvalue weighted by molar-refractivity contribution is 7.89. The number of hydrogen-bond acceptors (Lipinski definition) is 5. The fourth-order valence-electron chi connectivity index (χ4n) is 1.58. The normalized spacial score (nSPS) is 12.1. The molecule has 0 aliphatic rings. The molecule has 3 N–H and O–H groups in total. The first-order valence-corrected chi connectivity index (χ1v) is 7.48. The van der Waals surface area contributed by atoms with E-state index in [2.05, 4.69) is 4.72 Å². The van der Waals surface area contributed by atoms with Crippen LogP contribution in [0.1, 0.15) is 13.8 Å². The number of fused-ring (bicyclic) bond motifs is 1. The van der Waals surface area contributed by atoms with Gasteiger partial charge in [0.15, 0.2) is 0 Å². The van der Waals surface area contributed by atoms with Gasteiger partial charge in [0.05, 0.1) is 4.90 Å². The second-order valence-electron chi connectivity index (χ2n) is 5.27. The molecule has 0 bridgehead atoms. The molecule has 0 aliphatic carbocycles. The van der Waals surface area contributed by atoms with E-state index in [1.165, 1.54) is 30.3 Å². The average Bonchev–Trinajstić information content (AvgIpc) is 2.35. The number of halogens is 1. The number of sulfonamides is 1. The standard InChI is InChI=1S/C13H16N2O4S.ClH/c1-13(2,14)8-15-20(17,18)10-4-5-11-9(7-10)3-6-12(16)19-11;/h3-7,15H,8,14H2,1-2H3;1H. The Kier molecular flexibility index (Phi) is 5.16. The molecule has 6 nitrogen and oxygen atoms in total. The van der Waals surface area contributed by atoms with Crippen LogP contribution in [0.4, 0.5) is 0 Å². The zero-order valence-electron chi connectivity index (χ0n) is 11.6. The number of hydrogen-bond donors (Lipinski definition) is 2. The number of rotatable bonds is 4. The molecule has 1 aromatic heterocycles. The van der Waals surface area contributed by atoms with Gasteiger partial charge in [-0.3, -0.25) is 0 Å². The van der Waals surface area contributed by atoms with Crippen LogP contribution in [-0.4, -0.2) is 20.5 Å². The van der Waals surface area contributed by atoms with Crippen LogP contribution in [0.15, 0.2) is 44.4 Å². The highest BCUT2D eigenvalue weighted by atomic mass is 35.5. The summed E-state index contributed by atoms with van der Waals surface area (Å²) in [5.41, 5.74) is 4.98. The predicted molar refractivity (Wildman–Crippen MR) is 83.2 cm³/mol. The van der Waals surface area contributed by atoms with Gasteiger partial charge in [0.1, 0.15) is 5.58 Å². The minimum Gasteiger partial charge on any atom is -0.423 e. The van der Waals surface area contributed by atoms with Gasteiger partial charge in [0.25, 0.3) is 0 Å². The Balaban J connectivity index is 0.00000220. The topological polar surface area (TPSA) is 102 Å². The molecule has 116 valence electrons. The molecule has 0 radical (unpaired) electrons. The minimum atomic E-state index is -3.64. The average molecular weight is 333 g/mol. The number of nitrogens with two attached hydrogens (primary N) is 1. The first-order chi connectivity index (χ1) is 9.17. The summed E-state index contributed by atoms with van der Waals surface area (Å²) in [6.07, 6.45) is 0. The zero-order valence-corrected chi connectivity index (χ0v) is 13.3. The summed E-state index contributed by atoms with van der Waals surface area (Å²) in [6.45, 7) is 3.58. The highest BCUT2D eigenvalue weighted by Crippen LogP contribution is 2.17. The second kappa shape index (κ2) is 6.15. The van der Waals surface area contributed by atoms with E-state index < -0.39 is 21.2 Å². The van der Waals surface area contributed by atoms with E-state index in [9.17, 15) is 13.2 Å². The van der Waals surface area contributed by atoms with Crippen LogP contribution in [-0.2, 0) is 10.0 Å². The van der Waals surface area contributed by atoms with E-state index in [1.807, 2.05) is 0 Å². The zero-order chi connectivity index (χ0) is 15.0. The lowest BCUT2D eigenvalue weighted by Crippen LogP contribution is -2.45. The van der Waals surface area contributed by atoms with Crippen molar-refractivity contribution < 1.29 is 12.8 Å². The molecule has 2 rings (SSSR count). The summed E-state index contributed by atoms with van der Waals surface area (Å²) >= 11 is 0. The summed E-state index contributed by atoms with van der Waals surface area (Å²) in [5, 5.41) is 0.541. The monoisotopic (exact) mass is 332 g/mol. The molecule has 2 aromatic rings. The third-order valence-corrected chi connectivity index (χ3v) is 4.02. The van der Waals surface area contributed by atoms with Crippen molar-refractivity contribution in [2.45, 2.75) is 24.3 Å². The molecule has 0 amide bonds. The minimum absolute atomic E-state index is 0. The highest BCUT2D eigenvalue weighted by Gasteiger charge is 2.19. The van der Waals surface area contributed by atoms with Gasteiger partial charge >= 0.3 is 5.63 Å².